The van der Waals surface area contributed by atoms with Crippen LogP contribution in [0.5, 0.6) is 11.5 Å². The van der Waals surface area contributed by atoms with Crippen LogP contribution in [0.15, 0.2) is 12.1 Å². The molecule has 2 fully saturated rings. The second kappa shape index (κ2) is 6.30. The quantitative estimate of drug-likeness (QED) is 0.585. The van der Waals surface area contributed by atoms with Crippen molar-refractivity contribution < 1.29 is 20.1 Å². The molecule has 0 unspecified atom stereocenters. The van der Waals surface area contributed by atoms with Crippen molar-refractivity contribution in [2.75, 3.05) is 0 Å². The average Bonchev–Trinajstić information content (AvgIpc) is 3.42. The van der Waals surface area contributed by atoms with E-state index in [2.05, 4.69) is 6.92 Å². The summed E-state index contributed by atoms with van der Waals surface area (Å²) in [5, 5.41) is 28.9. The smallest absolute Gasteiger partial charge is 0.309 e. The standard InChI is InChI=1S/C20H28O4/c1-19(8-9-19)6-2-4-14-12-16(21)17(22)13-15(14)5-3-7-20(10-11-20)18(23)24/h12-13,21-22H,2-11H2,1H3,(H,23,24). The largest absolute Gasteiger partial charge is 0.504 e. The van der Waals surface area contributed by atoms with Crippen LogP contribution < -0.4 is 0 Å². The zero-order valence-electron chi connectivity index (χ0n) is 14.5. The van der Waals surface area contributed by atoms with E-state index in [1.807, 2.05) is 0 Å². The zero-order valence-corrected chi connectivity index (χ0v) is 14.5. The maximum Gasteiger partial charge on any atom is 0.309 e. The Labute approximate surface area is 143 Å². The Balaban J connectivity index is 1.59. The van der Waals surface area contributed by atoms with Crippen molar-refractivity contribution in [3.63, 3.8) is 0 Å². The van der Waals surface area contributed by atoms with Crippen LogP contribution in [0.25, 0.3) is 0 Å². The highest BCUT2D eigenvalue weighted by atomic mass is 16.4. The summed E-state index contributed by atoms with van der Waals surface area (Å²) < 4.78 is 0. The number of hydrogen-bond acceptors (Lipinski definition) is 3. The van der Waals surface area contributed by atoms with Crippen molar-refractivity contribution in [2.24, 2.45) is 10.8 Å². The van der Waals surface area contributed by atoms with Crippen LogP contribution in [0.2, 0.25) is 0 Å². The maximum atomic E-state index is 11.3. The Hall–Kier alpha value is -1.71. The summed E-state index contributed by atoms with van der Waals surface area (Å²) in [6.45, 7) is 2.32. The van der Waals surface area contributed by atoms with Gasteiger partial charge in [-0.25, -0.2) is 0 Å². The molecule has 0 spiro atoms. The van der Waals surface area contributed by atoms with Crippen LogP contribution in [0.1, 0.15) is 69.4 Å². The van der Waals surface area contributed by atoms with Gasteiger partial charge in [0, 0.05) is 0 Å². The maximum absolute atomic E-state index is 11.3. The Morgan fingerprint density at radius 1 is 0.958 bits per heavy atom. The van der Waals surface area contributed by atoms with E-state index in [0.717, 1.165) is 49.7 Å². The summed E-state index contributed by atoms with van der Waals surface area (Å²) >= 11 is 0. The minimum absolute atomic E-state index is 0.0596. The van der Waals surface area contributed by atoms with Gasteiger partial charge in [0.25, 0.3) is 0 Å². The molecule has 2 aliphatic rings. The Kier molecular flexibility index (Phi) is 4.50. The SMILES string of the molecule is CC1(CCCc2cc(O)c(O)cc2CCCC2(C(=O)O)CC2)CC1. The van der Waals surface area contributed by atoms with Gasteiger partial charge in [0.1, 0.15) is 0 Å². The molecular weight excluding hydrogens is 304 g/mol. The van der Waals surface area contributed by atoms with Crippen LogP contribution >= 0.6 is 0 Å². The molecular formula is C20H28O4. The Morgan fingerprint density at radius 3 is 1.88 bits per heavy atom. The van der Waals surface area contributed by atoms with Gasteiger partial charge in [-0.05, 0) is 92.9 Å². The fraction of sp³-hybridized carbons (Fsp3) is 0.650. The number of aryl methyl sites for hydroxylation is 2. The molecule has 0 atom stereocenters. The summed E-state index contributed by atoms with van der Waals surface area (Å²) in [5.74, 6) is -0.813. The van der Waals surface area contributed by atoms with Crippen LogP contribution in [-0.4, -0.2) is 21.3 Å². The number of phenolic OH excluding ortho intramolecular Hbond substituents is 2. The first kappa shape index (κ1) is 17.1. The van der Waals surface area contributed by atoms with E-state index in [4.69, 9.17) is 0 Å². The van der Waals surface area contributed by atoms with Gasteiger partial charge in [0.15, 0.2) is 11.5 Å². The van der Waals surface area contributed by atoms with Crippen molar-refractivity contribution >= 4 is 5.97 Å². The van der Waals surface area contributed by atoms with Crippen molar-refractivity contribution in [1.29, 1.82) is 0 Å². The van der Waals surface area contributed by atoms with E-state index in [9.17, 15) is 20.1 Å². The molecule has 3 N–H and O–H groups in total. The van der Waals surface area contributed by atoms with E-state index in [1.54, 1.807) is 12.1 Å². The number of benzene rings is 1. The first-order chi connectivity index (χ1) is 11.3. The van der Waals surface area contributed by atoms with Crippen molar-refractivity contribution in [3.8, 4) is 11.5 Å². The molecule has 0 aliphatic heterocycles. The number of phenols is 2. The van der Waals surface area contributed by atoms with Gasteiger partial charge in [0.05, 0.1) is 5.41 Å². The van der Waals surface area contributed by atoms with Gasteiger partial charge in [-0.15, -0.1) is 0 Å². The molecule has 0 bridgehead atoms. The molecule has 0 heterocycles. The highest BCUT2D eigenvalue weighted by molar-refractivity contribution is 5.77. The van der Waals surface area contributed by atoms with Crippen molar-refractivity contribution in [1.82, 2.24) is 0 Å². The van der Waals surface area contributed by atoms with Crippen LogP contribution in [0.4, 0.5) is 0 Å². The molecule has 3 rings (SSSR count). The molecule has 2 saturated carbocycles. The predicted molar refractivity (Wildman–Crippen MR) is 92.3 cm³/mol. The number of carbonyl (C=O) groups is 1. The van der Waals surface area contributed by atoms with E-state index < -0.39 is 11.4 Å². The fourth-order valence-electron chi connectivity index (χ4n) is 3.64. The fourth-order valence-corrected chi connectivity index (χ4v) is 3.64. The lowest BCUT2D eigenvalue weighted by atomic mass is 9.92. The summed E-state index contributed by atoms with van der Waals surface area (Å²) in [4.78, 5) is 11.3. The Bertz CT molecular complexity index is 627. The van der Waals surface area contributed by atoms with Crippen molar-refractivity contribution in [3.05, 3.63) is 23.3 Å². The molecule has 0 amide bonds. The third-order valence-corrected chi connectivity index (χ3v) is 6.04. The second-order valence-electron chi connectivity index (χ2n) is 8.21. The highest BCUT2D eigenvalue weighted by Crippen LogP contribution is 2.50. The van der Waals surface area contributed by atoms with E-state index in [1.165, 1.54) is 19.3 Å². The van der Waals surface area contributed by atoms with Crippen LogP contribution in [-0.2, 0) is 17.6 Å². The van der Waals surface area contributed by atoms with Gasteiger partial charge in [-0.1, -0.05) is 6.92 Å². The topological polar surface area (TPSA) is 77.8 Å². The molecule has 4 nitrogen and oxygen atoms in total. The third-order valence-electron chi connectivity index (χ3n) is 6.04. The number of aromatic hydroxyl groups is 2. The first-order valence-electron chi connectivity index (χ1n) is 9.11. The summed E-state index contributed by atoms with van der Waals surface area (Å²) in [6.07, 6.45) is 9.67. The van der Waals surface area contributed by atoms with Gasteiger partial charge in [0.2, 0.25) is 0 Å². The molecule has 2 aliphatic carbocycles. The summed E-state index contributed by atoms with van der Waals surface area (Å²) in [5.41, 5.74) is 2.18. The molecule has 132 valence electrons. The zero-order chi connectivity index (χ0) is 17.4. The minimum atomic E-state index is -0.672. The lowest BCUT2D eigenvalue weighted by Gasteiger charge is -2.14. The van der Waals surface area contributed by atoms with E-state index in [0.29, 0.717) is 11.8 Å². The number of carboxylic acid groups (broad SMARTS) is 1. The highest BCUT2D eigenvalue weighted by Gasteiger charge is 2.49. The normalized spacial score (nSPS) is 19.9. The van der Waals surface area contributed by atoms with Crippen LogP contribution in [0.3, 0.4) is 0 Å². The number of aliphatic carboxylic acids is 1. The predicted octanol–water partition coefficient (Wildman–Crippen LogP) is 4.41. The molecule has 24 heavy (non-hydrogen) atoms. The molecule has 1 aromatic rings. The van der Waals surface area contributed by atoms with Gasteiger partial charge in [-0.3, -0.25) is 4.79 Å². The molecule has 1 aromatic carbocycles. The molecule has 4 heteroatoms. The summed E-state index contributed by atoms with van der Waals surface area (Å²) in [7, 11) is 0. The van der Waals surface area contributed by atoms with E-state index >= 15 is 0 Å². The number of hydrogen-bond donors (Lipinski definition) is 3. The minimum Gasteiger partial charge on any atom is -0.504 e. The average molecular weight is 332 g/mol. The number of carboxylic acids is 1. The second-order valence-corrected chi connectivity index (χ2v) is 8.21. The first-order valence-corrected chi connectivity index (χ1v) is 9.11. The molecule has 0 saturated heterocycles. The molecule has 0 radical (unpaired) electrons. The van der Waals surface area contributed by atoms with Crippen LogP contribution in [0, 0.1) is 10.8 Å². The van der Waals surface area contributed by atoms with Gasteiger partial charge < -0.3 is 15.3 Å². The van der Waals surface area contributed by atoms with Crippen molar-refractivity contribution in [2.45, 2.75) is 71.1 Å². The molecule has 0 aromatic heterocycles. The monoisotopic (exact) mass is 332 g/mol. The Morgan fingerprint density at radius 2 is 1.46 bits per heavy atom. The lowest BCUT2D eigenvalue weighted by molar-refractivity contribution is -0.143. The summed E-state index contributed by atoms with van der Waals surface area (Å²) in [6, 6.07) is 3.34. The van der Waals surface area contributed by atoms with Gasteiger partial charge >= 0.3 is 5.97 Å². The lowest BCUT2D eigenvalue weighted by Crippen LogP contribution is -2.14. The van der Waals surface area contributed by atoms with Gasteiger partial charge in [-0.2, -0.15) is 0 Å². The third kappa shape index (κ3) is 3.85. The number of rotatable bonds is 9. The van der Waals surface area contributed by atoms with E-state index in [-0.39, 0.29) is 11.5 Å².